The molecule has 1 heterocycles. The summed E-state index contributed by atoms with van der Waals surface area (Å²) >= 11 is 0. The minimum atomic E-state index is -2.91. The highest BCUT2D eigenvalue weighted by atomic mass is 32.2. The van der Waals surface area contributed by atoms with E-state index in [9.17, 15) is 8.42 Å². The Morgan fingerprint density at radius 1 is 1.38 bits per heavy atom. The second-order valence-electron chi connectivity index (χ2n) is 7.22. The highest BCUT2D eigenvalue weighted by molar-refractivity contribution is 7.90. The van der Waals surface area contributed by atoms with Crippen LogP contribution in [0.25, 0.3) is 0 Å². The highest BCUT2D eigenvalue weighted by Gasteiger charge is 2.15. The van der Waals surface area contributed by atoms with Crippen LogP contribution in [0, 0.1) is 5.92 Å². The van der Waals surface area contributed by atoms with E-state index in [0.29, 0.717) is 6.42 Å². The van der Waals surface area contributed by atoms with Crippen LogP contribution in [0.3, 0.4) is 0 Å². The molecule has 6 nitrogen and oxygen atoms in total. The van der Waals surface area contributed by atoms with Gasteiger partial charge >= 0.3 is 0 Å². The molecule has 142 valence electrons. The van der Waals surface area contributed by atoms with Crippen molar-refractivity contribution < 1.29 is 8.42 Å². The molecule has 24 heavy (non-hydrogen) atoms. The van der Waals surface area contributed by atoms with Crippen molar-refractivity contribution in [3.05, 3.63) is 0 Å². The molecule has 1 saturated heterocycles. The van der Waals surface area contributed by atoms with Crippen LogP contribution in [-0.2, 0) is 9.84 Å². The molecular weight excluding hydrogens is 324 g/mol. The molecule has 1 fully saturated rings. The molecule has 7 heteroatoms. The lowest BCUT2D eigenvalue weighted by atomic mass is 10.0. The maximum atomic E-state index is 11.2. The lowest BCUT2D eigenvalue weighted by Crippen LogP contribution is -2.43. The molecule has 0 bridgehead atoms. The summed E-state index contributed by atoms with van der Waals surface area (Å²) in [5.41, 5.74) is 0. The summed E-state index contributed by atoms with van der Waals surface area (Å²) < 4.78 is 22.4. The zero-order chi connectivity index (χ0) is 18.0. The van der Waals surface area contributed by atoms with Gasteiger partial charge in [-0.3, -0.25) is 4.99 Å². The van der Waals surface area contributed by atoms with Crippen molar-refractivity contribution in [3.8, 4) is 0 Å². The maximum Gasteiger partial charge on any atom is 0.191 e. The highest BCUT2D eigenvalue weighted by Crippen LogP contribution is 2.15. The SMILES string of the molecule is CN=C(NCCCCN1CCCC(C)C1)NC(C)CCS(C)(=O)=O. The average molecular weight is 361 g/mol. The number of nitrogens with one attached hydrogen (secondary N) is 2. The molecule has 2 unspecified atom stereocenters. The predicted molar refractivity (Wildman–Crippen MR) is 102 cm³/mol. The zero-order valence-corrected chi connectivity index (χ0v) is 16.7. The first-order valence-corrected chi connectivity index (χ1v) is 11.2. The van der Waals surface area contributed by atoms with Crippen LogP contribution in [0.1, 0.15) is 46.0 Å². The lowest BCUT2D eigenvalue weighted by Gasteiger charge is -2.30. The van der Waals surface area contributed by atoms with Crippen molar-refractivity contribution in [2.24, 2.45) is 10.9 Å². The Labute approximate surface area is 148 Å². The van der Waals surface area contributed by atoms with E-state index in [4.69, 9.17) is 0 Å². The van der Waals surface area contributed by atoms with Crippen LogP contribution in [0.2, 0.25) is 0 Å². The van der Waals surface area contributed by atoms with Crippen LogP contribution >= 0.6 is 0 Å². The van der Waals surface area contributed by atoms with Crippen molar-refractivity contribution in [2.45, 2.75) is 52.0 Å². The van der Waals surface area contributed by atoms with Crippen LogP contribution in [0.4, 0.5) is 0 Å². The van der Waals surface area contributed by atoms with Gasteiger partial charge in [-0.05, 0) is 58.0 Å². The minimum absolute atomic E-state index is 0.0840. The summed E-state index contributed by atoms with van der Waals surface area (Å²) in [6.07, 6.45) is 6.88. The molecule has 1 aliphatic rings. The van der Waals surface area contributed by atoms with Gasteiger partial charge in [0.15, 0.2) is 5.96 Å². The predicted octanol–water partition coefficient (Wildman–Crippen LogP) is 1.49. The number of nitrogens with zero attached hydrogens (tertiary/aromatic N) is 2. The van der Waals surface area contributed by atoms with Crippen LogP contribution in [0.15, 0.2) is 4.99 Å². The summed E-state index contributed by atoms with van der Waals surface area (Å²) in [5, 5.41) is 6.56. The van der Waals surface area contributed by atoms with Crippen molar-refractivity contribution in [3.63, 3.8) is 0 Å². The topological polar surface area (TPSA) is 73.8 Å². The summed E-state index contributed by atoms with van der Waals surface area (Å²) in [6.45, 7) is 8.89. The number of guanidine groups is 1. The van der Waals surface area contributed by atoms with Gasteiger partial charge in [0, 0.05) is 32.4 Å². The molecule has 2 N–H and O–H groups in total. The standard InChI is InChI=1S/C17H36N4O2S/c1-15-8-7-12-21(14-15)11-6-5-10-19-17(18-3)20-16(2)9-13-24(4,22)23/h15-16H,5-14H2,1-4H3,(H2,18,19,20). The molecular formula is C17H36N4O2S. The van der Waals surface area contributed by atoms with Gasteiger partial charge in [-0.15, -0.1) is 0 Å². The number of rotatable bonds is 9. The Morgan fingerprint density at radius 3 is 2.75 bits per heavy atom. The third-order valence-corrected chi connectivity index (χ3v) is 5.44. The second kappa shape index (κ2) is 10.9. The van der Waals surface area contributed by atoms with E-state index < -0.39 is 9.84 Å². The number of piperidine rings is 1. The number of hydrogen-bond acceptors (Lipinski definition) is 4. The molecule has 0 aromatic heterocycles. The van der Waals surface area contributed by atoms with Crippen LogP contribution < -0.4 is 10.6 Å². The number of likely N-dealkylation sites (tertiary alicyclic amines) is 1. The van der Waals surface area contributed by atoms with E-state index in [1.54, 1.807) is 7.05 Å². The summed E-state index contributed by atoms with van der Waals surface area (Å²) in [6, 6.07) is 0.0840. The first-order valence-electron chi connectivity index (χ1n) is 9.17. The van der Waals surface area contributed by atoms with E-state index in [0.717, 1.165) is 24.8 Å². The third kappa shape index (κ3) is 10.1. The zero-order valence-electron chi connectivity index (χ0n) is 15.8. The molecule has 0 amide bonds. The molecule has 0 spiro atoms. The fourth-order valence-corrected chi connectivity index (χ4v) is 3.83. The lowest BCUT2D eigenvalue weighted by molar-refractivity contribution is 0.181. The van der Waals surface area contributed by atoms with E-state index >= 15 is 0 Å². The normalized spacial score (nSPS) is 21.5. The smallest absolute Gasteiger partial charge is 0.191 e. The van der Waals surface area contributed by atoms with Gasteiger partial charge < -0.3 is 15.5 Å². The van der Waals surface area contributed by atoms with Crippen molar-refractivity contribution in [1.82, 2.24) is 15.5 Å². The van der Waals surface area contributed by atoms with Crippen molar-refractivity contribution in [1.29, 1.82) is 0 Å². The number of sulfone groups is 1. The van der Waals surface area contributed by atoms with Gasteiger partial charge in [0.05, 0.1) is 5.75 Å². The Morgan fingerprint density at radius 2 is 2.12 bits per heavy atom. The third-order valence-electron chi connectivity index (χ3n) is 4.46. The van der Waals surface area contributed by atoms with Gasteiger partial charge in [-0.2, -0.15) is 0 Å². The fourth-order valence-electron chi connectivity index (χ4n) is 3.05. The molecule has 0 aromatic carbocycles. The van der Waals surface area contributed by atoms with E-state index in [1.807, 2.05) is 6.92 Å². The molecule has 2 atom stereocenters. The maximum absolute atomic E-state index is 11.2. The molecule has 1 rings (SSSR count). The van der Waals surface area contributed by atoms with Gasteiger partial charge in [0.2, 0.25) is 0 Å². The van der Waals surface area contributed by atoms with Crippen LogP contribution in [-0.4, -0.2) is 70.6 Å². The van der Waals surface area contributed by atoms with Gasteiger partial charge in [-0.1, -0.05) is 6.92 Å². The molecule has 1 aliphatic heterocycles. The number of aliphatic imine (C=N–C) groups is 1. The van der Waals surface area contributed by atoms with Gasteiger partial charge in [0.25, 0.3) is 0 Å². The van der Waals surface area contributed by atoms with Gasteiger partial charge in [0.1, 0.15) is 9.84 Å². The molecule has 0 saturated carbocycles. The largest absolute Gasteiger partial charge is 0.356 e. The van der Waals surface area contributed by atoms with E-state index in [1.165, 1.54) is 45.2 Å². The second-order valence-corrected chi connectivity index (χ2v) is 9.48. The molecule has 0 radical (unpaired) electrons. The van der Waals surface area contributed by atoms with Crippen molar-refractivity contribution in [2.75, 3.05) is 45.2 Å². The molecule has 0 aromatic rings. The summed E-state index contributed by atoms with van der Waals surface area (Å²) in [4.78, 5) is 6.78. The fraction of sp³-hybridized carbons (Fsp3) is 0.941. The first-order chi connectivity index (χ1) is 11.3. The average Bonchev–Trinajstić information content (AvgIpc) is 2.51. The Balaban J connectivity index is 2.13. The van der Waals surface area contributed by atoms with Crippen LogP contribution in [0.5, 0.6) is 0 Å². The molecule has 0 aliphatic carbocycles. The van der Waals surface area contributed by atoms with Gasteiger partial charge in [-0.25, -0.2) is 8.42 Å². The minimum Gasteiger partial charge on any atom is -0.356 e. The Bertz CT molecular complexity index is 479. The Hall–Kier alpha value is -0.820. The first kappa shape index (κ1) is 21.2. The Kier molecular flexibility index (Phi) is 9.66. The number of unbranched alkanes of at least 4 members (excludes halogenated alkanes) is 1. The quantitative estimate of drug-likeness (QED) is 0.370. The number of hydrogen-bond donors (Lipinski definition) is 2. The summed E-state index contributed by atoms with van der Waals surface area (Å²) in [7, 11) is -1.16. The van der Waals surface area contributed by atoms with Crippen molar-refractivity contribution >= 4 is 15.8 Å². The van der Waals surface area contributed by atoms with E-state index in [-0.39, 0.29) is 11.8 Å². The van der Waals surface area contributed by atoms with E-state index in [2.05, 4.69) is 27.4 Å². The monoisotopic (exact) mass is 360 g/mol. The summed E-state index contributed by atoms with van der Waals surface area (Å²) in [5.74, 6) is 1.79.